The molecule has 0 aliphatic heterocycles. The van der Waals surface area contributed by atoms with E-state index < -0.39 is 0 Å². The van der Waals surface area contributed by atoms with Gasteiger partial charge in [0, 0.05) is 24.3 Å². The fraction of sp³-hybridized carbons (Fsp3) is 0.562. The zero-order valence-electron chi connectivity index (χ0n) is 11.9. The van der Waals surface area contributed by atoms with Crippen LogP contribution in [0.5, 0.6) is 0 Å². The number of halogens is 1. The Morgan fingerprint density at radius 2 is 1.61 bits per heavy atom. The van der Waals surface area contributed by atoms with Crippen LogP contribution in [0.15, 0.2) is 24.3 Å². The van der Waals surface area contributed by atoms with Crippen LogP contribution in [-0.2, 0) is 0 Å². The minimum Gasteiger partial charge on any atom is -0.375 e. The molecule has 0 heterocycles. The molecule has 1 nitrogen and oxygen atoms in total. The van der Waals surface area contributed by atoms with Crippen LogP contribution in [0.4, 0.5) is 5.69 Å². The van der Waals surface area contributed by atoms with Crippen molar-refractivity contribution in [1.82, 2.24) is 0 Å². The number of hydrogen-bond donors (Lipinski definition) is 0. The molecule has 0 fully saturated rings. The van der Waals surface area contributed by atoms with Gasteiger partial charge in [-0.05, 0) is 43.0 Å². The van der Waals surface area contributed by atoms with Crippen molar-refractivity contribution in [3.05, 3.63) is 35.2 Å². The summed E-state index contributed by atoms with van der Waals surface area (Å²) in [6, 6.07) is 8.07. The van der Waals surface area contributed by atoms with Gasteiger partial charge in [0.2, 0.25) is 0 Å². The van der Waals surface area contributed by atoms with Gasteiger partial charge in [0.1, 0.15) is 0 Å². The summed E-state index contributed by atoms with van der Waals surface area (Å²) in [6.45, 7) is 5.55. The van der Waals surface area contributed by atoms with Gasteiger partial charge in [-0.3, -0.25) is 0 Å². The topological polar surface area (TPSA) is 3.24 Å². The van der Waals surface area contributed by atoms with E-state index in [0.717, 1.165) is 11.6 Å². The van der Waals surface area contributed by atoms with Gasteiger partial charge in [-0.25, -0.2) is 0 Å². The van der Waals surface area contributed by atoms with E-state index in [0.29, 0.717) is 0 Å². The predicted molar refractivity (Wildman–Crippen MR) is 82.4 cm³/mol. The molecular formula is C16H25ClN. The summed E-state index contributed by atoms with van der Waals surface area (Å²) in [4.78, 5) is 2.30. The van der Waals surface area contributed by atoms with Crippen LogP contribution in [0.25, 0.3) is 0 Å². The first-order chi connectivity index (χ1) is 8.59. The van der Waals surface area contributed by atoms with E-state index in [1.54, 1.807) is 5.92 Å². The Kier molecular flexibility index (Phi) is 7.19. The molecule has 2 heteroatoms. The van der Waals surface area contributed by atoms with Gasteiger partial charge in [-0.1, -0.05) is 44.7 Å². The molecule has 1 aromatic carbocycles. The first-order valence-corrected chi connectivity index (χ1v) is 7.23. The third-order valence-electron chi connectivity index (χ3n) is 3.19. The minimum atomic E-state index is 0.804. The summed E-state index contributed by atoms with van der Waals surface area (Å²) >= 11 is 5.88. The quantitative estimate of drug-likeness (QED) is 0.574. The van der Waals surface area contributed by atoms with Gasteiger partial charge in [0.25, 0.3) is 0 Å². The van der Waals surface area contributed by atoms with Crippen LogP contribution in [0.2, 0.25) is 5.02 Å². The molecule has 0 aliphatic rings. The monoisotopic (exact) mass is 266 g/mol. The third-order valence-corrected chi connectivity index (χ3v) is 3.44. The number of unbranched alkanes of at least 4 members (excludes halogenated alkanes) is 3. The van der Waals surface area contributed by atoms with Gasteiger partial charge in [-0.2, -0.15) is 0 Å². The highest BCUT2D eigenvalue weighted by molar-refractivity contribution is 6.30. The maximum Gasteiger partial charge on any atom is 0.0407 e. The van der Waals surface area contributed by atoms with Crippen LogP contribution in [0.3, 0.4) is 0 Å². The molecule has 0 spiro atoms. The van der Waals surface area contributed by atoms with Crippen molar-refractivity contribution in [3.63, 3.8) is 0 Å². The second kappa shape index (κ2) is 8.42. The van der Waals surface area contributed by atoms with Crippen LogP contribution >= 0.6 is 11.6 Å². The fourth-order valence-electron chi connectivity index (χ4n) is 2.01. The van der Waals surface area contributed by atoms with E-state index >= 15 is 0 Å². The molecule has 0 unspecified atom stereocenters. The number of benzene rings is 1. The second-order valence-corrected chi connectivity index (χ2v) is 5.71. The molecule has 0 bridgehead atoms. The van der Waals surface area contributed by atoms with Crippen LogP contribution in [0.1, 0.15) is 46.0 Å². The molecule has 0 atom stereocenters. The molecule has 18 heavy (non-hydrogen) atoms. The average Bonchev–Trinajstić information content (AvgIpc) is 2.34. The summed E-state index contributed by atoms with van der Waals surface area (Å²) < 4.78 is 0. The summed E-state index contributed by atoms with van der Waals surface area (Å²) in [6.07, 6.45) is 6.56. The molecule has 0 saturated carbocycles. The van der Waals surface area contributed by atoms with Crippen molar-refractivity contribution < 1.29 is 0 Å². The number of anilines is 1. The molecule has 1 aromatic rings. The Balaban J connectivity index is 2.13. The lowest BCUT2D eigenvalue weighted by Gasteiger charge is -2.19. The SMILES string of the molecule is C[C](C)CCCCCCN(C)c1ccc(Cl)cc1. The van der Waals surface area contributed by atoms with E-state index in [2.05, 4.69) is 37.9 Å². The molecular weight excluding hydrogens is 242 g/mol. The number of hydrogen-bond acceptors (Lipinski definition) is 1. The largest absolute Gasteiger partial charge is 0.375 e. The van der Waals surface area contributed by atoms with Gasteiger partial charge in [0.15, 0.2) is 0 Å². The summed E-state index contributed by atoms with van der Waals surface area (Å²) in [7, 11) is 2.15. The maximum absolute atomic E-state index is 5.88. The van der Waals surface area contributed by atoms with Crippen molar-refractivity contribution in [2.75, 3.05) is 18.5 Å². The van der Waals surface area contributed by atoms with Crippen LogP contribution in [-0.4, -0.2) is 13.6 Å². The van der Waals surface area contributed by atoms with Crippen molar-refractivity contribution in [2.24, 2.45) is 0 Å². The Hall–Kier alpha value is -0.690. The summed E-state index contributed by atoms with van der Waals surface area (Å²) in [5, 5.41) is 0.804. The zero-order chi connectivity index (χ0) is 13.4. The fourth-order valence-corrected chi connectivity index (χ4v) is 2.13. The second-order valence-electron chi connectivity index (χ2n) is 5.27. The molecule has 0 aromatic heterocycles. The smallest absolute Gasteiger partial charge is 0.0407 e. The van der Waals surface area contributed by atoms with Crippen molar-refractivity contribution in [1.29, 1.82) is 0 Å². The van der Waals surface area contributed by atoms with Crippen molar-refractivity contribution in [2.45, 2.75) is 46.0 Å². The predicted octanol–water partition coefficient (Wildman–Crippen LogP) is 5.34. The first kappa shape index (κ1) is 15.4. The van der Waals surface area contributed by atoms with E-state index in [1.165, 1.54) is 37.8 Å². The minimum absolute atomic E-state index is 0.804. The van der Waals surface area contributed by atoms with Crippen LogP contribution in [0, 0.1) is 5.92 Å². The van der Waals surface area contributed by atoms with Crippen LogP contribution < -0.4 is 4.90 Å². The molecule has 0 N–H and O–H groups in total. The number of nitrogens with zero attached hydrogens (tertiary/aromatic N) is 1. The van der Waals surface area contributed by atoms with Gasteiger partial charge in [-0.15, -0.1) is 0 Å². The maximum atomic E-state index is 5.88. The van der Waals surface area contributed by atoms with Crippen molar-refractivity contribution in [3.8, 4) is 0 Å². The summed E-state index contributed by atoms with van der Waals surface area (Å²) in [5.41, 5.74) is 1.25. The summed E-state index contributed by atoms with van der Waals surface area (Å²) in [5.74, 6) is 1.55. The highest BCUT2D eigenvalue weighted by Crippen LogP contribution is 2.17. The highest BCUT2D eigenvalue weighted by atomic mass is 35.5. The molecule has 101 valence electrons. The van der Waals surface area contributed by atoms with Gasteiger partial charge >= 0.3 is 0 Å². The van der Waals surface area contributed by atoms with E-state index in [-0.39, 0.29) is 0 Å². The van der Waals surface area contributed by atoms with E-state index in [9.17, 15) is 0 Å². The third kappa shape index (κ3) is 6.30. The van der Waals surface area contributed by atoms with Crippen molar-refractivity contribution >= 4 is 17.3 Å². The Morgan fingerprint density at radius 3 is 2.22 bits per heavy atom. The first-order valence-electron chi connectivity index (χ1n) is 6.85. The molecule has 0 saturated heterocycles. The standard InChI is InChI=1S/C16H25ClN/c1-14(2)8-6-4-5-7-13-18(3)16-11-9-15(17)10-12-16/h9-12H,4-8,13H2,1-3H3. The van der Waals surface area contributed by atoms with Gasteiger partial charge < -0.3 is 4.90 Å². The lowest BCUT2D eigenvalue weighted by atomic mass is 10.0. The van der Waals surface area contributed by atoms with Gasteiger partial charge in [0.05, 0.1) is 0 Å². The lowest BCUT2D eigenvalue weighted by molar-refractivity contribution is 0.618. The Labute approximate surface area is 117 Å². The lowest BCUT2D eigenvalue weighted by Crippen LogP contribution is -2.18. The normalized spacial score (nSPS) is 10.9. The molecule has 1 radical (unpaired) electrons. The van der Waals surface area contributed by atoms with E-state index in [1.807, 2.05) is 12.1 Å². The molecule has 0 amide bonds. The molecule has 0 aliphatic carbocycles. The Morgan fingerprint density at radius 1 is 1.00 bits per heavy atom. The van der Waals surface area contributed by atoms with E-state index in [4.69, 9.17) is 11.6 Å². The number of rotatable bonds is 8. The average molecular weight is 267 g/mol. The molecule has 1 rings (SSSR count). The Bertz CT molecular complexity index is 318. The highest BCUT2D eigenvalue weighted by Gasteiger charge is 2.00. The zero-order valence-corrected chi connectivity index (χ0v) is 12.6.